The number of hydrogen-bond donors (Lipinski definition) is 0. The molecule has 2 aliphatic carbocycles. The Hall–Kier alpha value is -3.68. The quantitative estimate of drug-likeness (QED) is 0.0756. The molecule has 248 valence electrons. The van der Waals surface area contributed by atoms with Crippen molar-refractivity contribution in [3.05, 3.63) is 53.7 Å². The second-order valence-corrected chi connectivity index (χ2v) is 13.4. The third kappa shape index (κ3) is 8.98. The van der Waals surface area contributed by atoms with Crippen molar-refractivity contribution >= 4 is 11.9 Å². The molecular formula is C38H50N2O6. The van der Waals surface area contributed by atoms with Gasteiger partial charge in [-0.3, -0.25) is 14.2 Å². The zero-order valence-electron chi connectivity index (χ0n) is 27.6. The maximum Gasteiger partial charge on any atom is 0.314 e. The lowest BCUT2D eigenvalue weighted by Crippen LogP contribution is -2.26. The second-order valence-electron chi connectivity index (χ2n) is 13.4. The van der Waals surface area contributed by atoms with Gasteiger partial charge in [0, 0.05) is 16.3 Å². The van der Waals surface area contributed by atoms with Crippen molar-refractivity contribution in [3.8, 4) is 34.0 Å². The number of hydrogen-bond acceptors (Lipinski definition) is 7. The van der Waals surface area contributed by atoms with E-state index in [-0.39, 0.29) is 29.5 Å². The van der Waals surface area contributed by atoms with Crippen LogP contribution in [0, 0.1) is 28.9 Å². The molecule has 0 aliphatic heterocycles. The van der Waals surface area contributed by atoms with Gasteiger partial charge in [0.1, 0.15) is 11.5 Å². The zero-order chi connectivity index (χ0) is 32.3. The summed E-state index contributed by atoms with van der Waals surface area (Å²) in [5.41, 5.74) is 1.86. The molecule has 0 saturated heterocycles. The first-order chi connectivity index (χ1) is 22.4. The third-order valence-corrected chi connectivity index (χ3v) is 10.1. The van der Waals surface area contributed by atoms with E-state index in [9.17, 15) is 14.8 Å². The summed E-state index contributed by atoms with van der Waals surface area (Å²) in [7, 11) is 0. The smallest absolute Gasteiger partial charge is 0.314 e. The monoisotopic (exact) mass is 630 g/mol. The minimum atomic E-state index is -0.180. The number of aromatic nitrogens is 2. The van der Waals surface area contributed by atoms with Crippen LogP contribution < -0.4 is 14.4 Å². The molecule has 0 N–H and O–H groups in total. The number of benzene rings is 2. The van der Waals surface area contributed by atoms with E-state index in [1.54, 1.807) is 48.5 Å². The second kappa shape index (κ2) is 16.8. The number of rotatable bonds is 14. The Morgan fingerprint density at radius 2 is 1.13 bits per heavy atom. The molecule has 46 heavy (non-hydrogen) atoms. The van der Waals surface area contributed by atoms with E-state index in [1.807, 2.05) is 0 Å². The average molecular weight is 631 g/mol. The molecule has 2 aromatic carbocycles. The molecule has 3 aromatic rings. The van der Waals surface area contributed by atoms with Gasteiger partial charge in [0.25, 0.3) is 5.69 Å². The summed E-state index contributed by atoms with van der Waals surface area (Å²) < 4.78 is 16.4. The molecule has 0 amide bonds. The molecule has 5 rings (SSSR count). The van der Waals surface area contributed by atoms with Gasteiger partial charge >= 0.3 is 11.9 Å². The molecule has 2 saturated carbocycles. The number of carbonyl (C=O) groups is 2. The number of carbonyl (C=O) groups excluding carboxylic acids is 2. The maximum atomic E-state index is 12.9. The average Bonchev–Trinajstić information content (AvgIpc) is 3.47. The Kier molecular flexibility index (Phi) is 12.3. The molecule has 0 radical (unpaired) electrons. The Morgan fingerprint density at radius 1 is 0.696 bits per heavy atom. The Bertz CT molecular complexity index is 1380. The first-order valence-corrected chi connectivity index (χ1v) is 17.7. The highest BCUT2D eigenvalue weighted by Gasteiger charge is 2.29. The lowest BCUT2D eigenvalue weighted by molar-refractivity contribution is -0.793. The first-order valence-electron chi connectivity index (χ1n) is 17.7. The van der Waals surface area contributed by atoms with E-state index in [4.69, 9.17) is 14.1 Å². The fraction of sp³-hybridized carbons (Fsp3) is 0.579. The molecular weight excluding hydrogens is 580 g/mol. The number of esters is 2. The highest BCUT2D eigenvalue weighted by molar-refractivity contribution is 5.78. The summed E-state index contributed by atoms with van der Waals surface area (Å²) in [6.45, 7) is 4.45. The molecule has 8 nitrogen and oxygen atoms in total. The highest BCUT2D eigenvalue weighted by atomic mass is 16.8. The normalized spacial score (nSPS) is 21.5. The Balaban J connectivity index is 1.14. The van der Waals surface area contributed by atoms with Crippen LogP contribution in [0.2, 0.25) is 0 Å². The summed E-state index contributed by atoms with van der Waals surface area (Å²) >= 11 is 0. The molecule has 1 aromatic heterocycles. The predicted octanol–water partition coefficient (Wildman–Crippen LogP) is 9.23. The van der Waals surface area contributed by atoms with Crippen LogP contribution in [0.25, 0.3) is 22.5 Å². The minimum Gasteiger partial charge on any atom is -0.426 e. The summed E-state index contributed by atoms with van der Waals surface area (Å²) in [5, 5.41) is 16.6. The summed E-state index contributed by atoms with van der Waals surface area (Å²) in [5.74, 6) is 1.91. The summed E-state index contributed by atoms with van der Waals surface area (Å²) in [6.07, 6.45) is 18.0. The van der Waals surface area contributed by atoms with Crippen molar-refractivity contribution in [2.24, 2.45) is 23.7 Å². The third-order valence-electron chi connectivity index (χ3n) is 10.1. The standard InChI is InChI=1S/C38H50N2O6/c1-3-5-7-9-27-11-15-31(16-12-27)37(41)44-33-23-19-29(20-24-33)35-36(40(43)46-39-35)30-21-25-34(26-22-30)45-38(42)32-17-13-28(14-18-32)10-8-6-4-2/h19-28,31-32H,3-18H2,1-2H3. The number of unbranched alkanes of at least 4 members (excludes halogenated alkanes) is 4. The van der Waals surface area contributed by atoms with Gasteiger partial charge in [-0.2, -0.15) is 0 Å². The van der Waals surface area contributed by atoms with Crippen molar-refractivity contribution in [3.63, 3.8) is 0 Å². The first kappa shape index (κ1) is 33.7. The van der Waals surface area contributed by atoms with Crippen molar-refractivity contribution in [2.45, 2.75) is 117 Å². The largest absolute Gasteiger partial charge is 0.426 e. The van der Waals surface area contributed by atoms with E-state index >= 15 is 0 Å². The molecule has 0 unspecified atom stereocenters. The van der Waals surface area contributed by atoms with E-state index in [0.717, 1.165) is 63.2 Å². The topological polar surface area (TPSA) is 106 Å². The Morgan fingerprint density at radius 3 is 1.57 bits per heavy atom. The van der Waals surface area contributed by atoms with Gasteiger partial charge < -0.3 is 14.7 Å². The van der Waals surface area contributed by atoms with Gasteiger partial charge in [-0.15, -0.1) is 0 Å². The van der Waals surface area contributed by atoms with Crippen molar-refractivity contribution < 1.29 is 28.6 Å². The van der Waals surface area contributed by atoms with Crippen LogP contribution >= 0.6 is 0 Å². The molecule has 0 spiro atoms. The zero-order valence-corrected chi connectivity index (χ0v) is 27.6. The molecule has 2 aliphatic rings. The molecule has 2 fully saturated rings. The van der Waals surface area contributed by atoms with Gasteiger partial charge in [-0.25, -0.2) is 0 Å². The van der Waals surface area contributed by atoms with Gasteiger partial charge in [0.2, 0.25) is 5.69 Å². The van der Waals surface area contributed by atoms with E-state index < -0.39 is 0 Å². The minimum absolute atomic E-state index is 0.0544. The molecule has 0 atom stereocenters. The fourth-order valence-electron chi connectivity index (χ4n) is 7.18. The van der Waals surface area contributed by atoms with Crippen LogP contribution in [0.1, 0.15) is 117 Å². The predicted molar refractivity (Wildman–Crippen MR) is 177 cm³/mol. The lowest BCUT2D eigenvalue weighted by atomic mass is 9.80. The Labute approximate surface area is 273 Å². The van der Waals surface area contributed by atoms with Gasteiger partial charge in [-0.05, 0) is 117 Å². The summed E-state index contributed by atoms with van der Waals surface area (Å²) in [6, 6.07) is 13.8. The van der Waals surface area contributed by atoms with E-state index in [0.29, 0.717) is 33.2 Å². The van der Waals surface area contributed by atoms with Crippen LogP contribution in [-0.2, 0) is 9.59 Å². The molecule has 8 heteroatoms. The fourth-order valence-corrected chi connectivity index (χ4v) is 7.18. The summed E-state index contributed by atoms with van der Waals surface area (Å²) in [4.78, 5) is 26.1. The number of ether oxygens (including phenoxy) is 2. The van der Waals surface area contributed by atoms with Crippen LogP contribution in [0.3, 0.4) is 0 Å². The van der Waals surface area contributed by atoms with Crippen LogP contribution in [-0.4, -0.2) is 17.1 Å². The molecule has 1 heterocycles. The lowest BCUT2D eigenvalue weighted by Gasteiger charge is -2.27. The van der Waals surface area contributed by atoms with Crippen LogP contribution in [0.15, 0.2) is 53.2 Å². The molecule has 0 bridgehead atoms. The van der Waals surface area contributed by atoms with Crippen molar-refractivity contribution in [1.82, 2.24) is 5.16 Å². The van der Waals surface area contributed by atoms with Crippen LogP contribution in [0.5, 0.6) is 11.5 Å². The van der Waals surface area contributed by atoms with E-state index in [1.165, 1.54) is 51.4 Å². The van der Waals surface area contributed by atoms with E-state index in [2.05, 4.69) is 19.0 Å². The SMILES string of the molecule is CCCCCC1CCC(C(=O)Oc2ccc(-c3no[n+]([O-])c3-c3ccc(OC(=O)C4CCC(CCCCC)CC4)cc3)cc2)CC1. The number of nitrogens with zero attached hydrogens (tertiary/aromatic N) is 2. The van der Waals surface area contributed by atoms with Crippen molar-refractivity contribution in [1.29, 1.82) is 0 Å². The van der Waals surface area contributed by atoms with Crippen LogP contribution in [0.4, 0.5) is 0 Å². The maximum absolute atomic E-state index is 12.9. The highest BCUT2D eigenvalue weighted by Crippen LogP contribution is 2.35. The van der Waals surface area contributed by atoms with Crippen molar-refractivity contribution in [2.75, 3.05) is 0 Å². The van der Waals surface area contributed by atoms with Gasteiger partial charge in [0.05, 0.1) is 11.8 Å². The van der Waals surface area contributed by atoms with Gasteiger partial charge in [0.15, 0.2) is 0 Å². The van der Waals surface area contributed by atoms with Gasteiger partial charge in [-0.1, -0.05) is 65.2 Å².